The molecule has 1 N–H and O–H groups in total. The van der Waals surface area contributed by atoms with E-state index in [0.717, 1.165) is 12.8 Å². The van der Waals surface area contributed by atoms with Crippen LogP contribution >= 0.6 is 23.4 Å². The van der Waals surface area contributed by atoms with Crippen molar-refractivity contribution in [1.29, 1.82) is 0 Å². The SMILES string of the molecule is CCCCn1c(=O)c2ccccc2n2c(SCC(=O)Nc3cc4c(cc3Cl)OCO4)nnc12. The maximum atomic E-state index is 13.0. The van der Waals surface area contributed by atoms with Crippen LogP contribution in [0.2, 0.25) is 5.02 Å². The number of anilines is 1. The van der Waals surface area contributed by atoms with Crippen LogP contribution in [0.4, 0.5) is 5.69 Å². The number of fused-ring (bicyclic) bond motifs is 4. The van der Waals surface area contributed by atoms with Gasteiger partial charge in [0.2, 0.25) is 18.5 Å². The van der Waals surface area contributed by atoms with E-state index in [1.165, 1.54) is 11.8 Å². The number of benzene rings is 2. The summed E-state index contributed by atoms with van der Waals surface area (Å²) in [6.45, 7) is 2.74. The molecule has 0 radical (unpaired) electrons. The van der Waals surface area contributed by atoms with E-state index in [2.05, 4.69) is 22.4 Å². The highest BCUT2D eigenvalue weighted by Crippen LogP contribution is 2.39. The van der Waals surface area contributed by atoms with Crippen LogP contribution in [0.1, 0.15) is 19.8 Å². The van der Waals surface area contributed by atoms with Crippen molar-refractivity contribution in [3.63, 3.8) is 0 Å². The second-order valence-electron chi connectivity index (χ2n) is 7.47. The van der Waals surface area contributed by atoms with Gasteiger partial charge in [0.05, 0.1) is 27.4 Å². The number of amides is 1. The first-order valence-corrected chi connectivity index (χ1v) is 11.8. The molecule has 33 heavy (non-hydrogen) atoms. The van der Waals surface area contributed by atoms with Crippen LogP contribution in [0.3, 0.4) is 0 Å². The zero-order valence-corrected chi connectivity index (χ0v) is 19.3. The average Bonchev–Trinajstić information content (AvgIpc) is 3.44. The summed E-state index contributed by atoms with van der Waals surface area (Å²) in [6.07, 6.45) is 1.80. The fourth-order valence-corrected chi connectivity index (χ4v) is 4.62. The highest BCUT2D eigenvalue weighted by molar-refractivity contribution is 7.99. The van der Waals surface area contributed by atoms with Crippen LogP contribution in [0.25, 0.3) is 16.7 Å². The molecule has 1 aliphatic heterocycles. The van der Waals surface area contributed by atoms with E-state index in [0.29, 0.717) is 50.6 Å². The number of aromatic nitrogens is 4. The summed E-state index contributed by atoms with van der Waals surface area (Å²) in [6, 6.07) is 10.6. The molecule has 0 saturated heterocycles. The van der Waals surface area contributed by atoms with Gasteiger partial charge in [0.1, 0.15) is 0 Å². The van der Waals surface area contributed by atoms with Gasteiger partial charge < -0.3 is 14.8 Å². The number of aryl methyl sites for hydroxylation is 1. The summed E-state index contributed by atoms with van der Waals surface area (Å²) in [5.41, 5.74) is 1.05. The lowest BCUT2D eigenvalue weighted by molar-refractivity contribution is -0.113. The molecule has 0 atom stereocenters. The molecular weight excluding hydrogens is 466 g/mol. The molecule has 0 spiro atoms. The van der Waals surface area contributed by atoms with Gasteiger partial charge in [-0.2, -0.15) is 0 Å². The molecule has 0 bridgehead atoms. The Morgan fingerprint density at radius 3 is 2.82 bits per heavy atom. The fourth-order valence-electron chi connectivity index (χ4n) is 3.67. The first-order chi connectivity index (χ1) is 16.1. The minimum atomic E-state index is -0.263. The third kappa shape index (κ3) is 4.00. The Balaban J connectivity index is 1.42. The van der Waals surface area contributed by atoms with Gasteiger partial charge in [-0.05, 0) is 18.6 Å². The molecule has 9 nitrogen and oxygen atoms in total. The van der Waals surface area contributed by atoms with Gasteiger partial charge in [0, 0.05) is 18.7 Å². The molecule has 1 aliphatic rings. The van der Waals surface area contributed by atoms with Crippen molar-refractivity contribution < 1.29 is 14.3 Å². The number of carbonyl (C=O) groups is 1. The molecule has 3 heterocycles. The highest BCUT2D eigenvalue weighted by Gasteiger charge is 2.20. The molecule has 11 heteroatoms. The summed E-state index contributed by atoms with van der Waals surface area (Å²) in [5.74, 6) is 1.36. The van der Waals surface area contributed by atoms with E-state index in [9.17, 15) is 9.59 Å². The minimum absolute atomic E-state index is 0.0774. The standard InChI is InChI=1S/C22H20ClN5O4S/c1-2-3-8-27-20(30)13-6-4-5-7-16(13)28-21(27)25-26-22(28)33-11-19(29)24-15-10-18-17(9-14(15)23)31-12-32-18/h4-7,9-10H,2-3,8,11-12H2,1H3,(H,24,29). The van der Waals surface area contributed by atoms with Crippen molar-refractivity contribution in [3.05, 3.63) is 51.8 Å². The summed E-state index contributed by atoms with van der Waals surface area (Å²) in [7, 11) is 0. The molecule has 0 saturated carbocycles. The maximum absolute atomic E-state index is 13.0. The average molecular weight is 486 g/mol. The number of carbonyl (C=O) groups excluding carboxylic acids is 1. The van der Waals surface area contributed by atoms with Gasteiger partial charge in [0.25, 0.3) is 5.56 Å². The van der Waals surface area contributed by atoms with Crippen molar-refractivity contribution in [2.45, 2.75) is 31.5 Å². The number of ether oxygens (including phenoxy) is 2. The molecular formula is C22H20ClN5O4S. The second kappa shape index (κ2) is 8.95. The molecule has 0 aliphatic carbocycles. The maximum Gasteiger partial charge on any atom is 0.262 e. The molecule has 2 aromatic carbocycles. The molecule has 170 valence electrons. The van der Waals surface area contributed by atoms with Gasteiger partial charge in [-0.1, -0.05) is 48.8 Å². The Labute approximate surface area is 197 Å². The highest BCUT2D eigenvalue weighted by atomic mass is 35.5. The fraction of sp³-hybridized carbons (Fsp3) is 0.273. The van der Waals surface area contributed by atoms with E-state index in [1.54, 1.807) is 22.8 Å². The number of para-hydroxylation sites is 1. The van der Waals surface area contributed by atoms with E-state index in [4.69, 9.17) is 21.1 Å². The van der Waals surface area contributed by atoms with Crippen LogP contribution < -0.4 is 20.3 Å². The Hall–Kier alpha value is -3.24. The van der Waals surface area contributed by atoms with Crippen LogP contribution in [0, 0.1) is 0 Å². The molecule has 5 rings (SSSR count). The third-order valence-corrected chi connectivity index (χ3v) is 6.52. The Morgan fingerprint density at radius 2 is 2.00 bits per heavy atom. The van der Waals surface area contributed by atoms with Gasteiger partial charge >= 0.3 is 0 Å². The van der Waals surface area contributed by atoms with Crippen molar-refractivity contribution >= 4 is 51.6 Å². The Bertz CT molecular complexity index is 1430. The molecule has 1 amide bonds. The predicted octanol–water partition coefficient (Wildman–Crippen LogP) is 3.96. The first kappa shape index (κ1) is 21.6. The van der Waals surface area contributed by atoms with Gasteiger partial charge in [-0.15, -0.1) is 10.2 Å². The summed E-state index contributed by atoms with van der Waals surface area (Å²) >= 11 is 7.48. The minimum Gasteiger partial charge on any atom is -0.454 e. The number of hydrogen-bond acceptors (Lipinski definition) is 7. The Morgan fingerprint density at radius 1 is 1.21 bits per heavy atom. The van der Waals surface area contributed by atoms with E-state index in [-0.39, 0.29) is 24.0 Å². The third-order valence-electron chi connectivity index (χ3n) is 5.28. The number of rotatable bonds is 7. The second-order valence-corrected chi connectivity index (χ2v) is 8.82. The normalized spacial score (nSPS) is 12.5. The zero-order valence-electron chi connectivity index (χ0n) is 17.7. The number of halogens is 1. The molecule has 0 unspecified atom stereocenters. The lowest BCUT2D eigenvalue weighted by atomic mass is 10.2. The molecule has 4 aromatic rings. The smallest absolute Gasteiger partial charge is 0.262 e. The van der Waals surface area contributed by atoms with E-state index < -0.39 is 0 Å². The van der Waals surface area contributed by atoms with E-state index in [1.807, 2.05) is 22.6 Å². The lowest BCUT2D eigenvalue weighted by Gasteiger charge is -2.11. The van der Waals surface area contributed by atoms with Crippen LogP contribution in [-0.2, 0) is 11.3 Å². The largest absolute Gasteiger partial charge is 0.454 e. The monoisotopic (exact) mass is 485 g/mol. The Kier molecular flexibility index (Phi) is 5.86. The summed E-state index contributed by atoms with van der Waals surface area (Å²) in [5, 5.41) is 12.8. The number of nitrogens with one attached hydrogen (secondary N) is 1. The van der Waals surface area contributed by atoms with Gasteiger partial charge in [-0.3, -0.25) is 18.6 Å². The lowest BCUT2D eigenvalue weighted by Crippen LogP contribution is -2.23. The molecule has 2 aromatic heterocycles. The van der Waals surface area contributed by atoms with Crippen LogP contribution in [0.15, 0.2) is 46.3 Å². The van der Waals surface area contributed by atoms with Gasteiger partial charge in [0.15, 0.2) is 16.7 Å². The van der Waals surface area contributed by atoms with Crippen LogP contribution in [0.5, 0.6) is 11.5 Å². The van der Waals surface area contributed by atoms with Gasteiger partial charge in [-0.25, -0.2) is 0 Å². The predicted molar refractivity (Wildman–Crippen MR) is 127 cm³/mol. The quantitative estimate of drug-likeness (QED) is 0.395. The number of thioether (sulfide) groups is 1. The summed E-state index contributed by atoms with van der Waals surface area (Å²) in [4.78, 5) is 25.7. The zero-order chi connectivity index (χ0) is 22.9. The number of nitrogens with zero attached hydrogens (tertiary/aromatic N) is 4. The topological polar surface area (TPSA) is 99.8 Å². The van der Waals surface area contributed by atoms with E-state index >= 15 is 0 Å². The first-order valence-electron chi connectivity index (χ1n) is 10.4. The molecule has 0 fully saturated rings. The number of hydrogen-bond donors (Lipinski definition) is 1. The van der Waals surface area contributed by atoms with Crippen molar-refractivity contribution in [1.82, 2.24) is 19.2 Å². The summed E-state index contributed by atoms with van der Waals surface area (Å²) < 4.78 is 14.1. The van der Waals surface area contributed by atoms with Crippen molar-refractivity contribution in [2.75, 3.05) is 17.9 Å². The van der Waals surface area contributed by atoms with Crippen molar-refractivity contribution in [2.24, 2.45) is 0 Å². The van der Waals surface area contributed by atoms with Crippen LogP contribution in [-0.4, -0.2) is 37.6 Å². The van der Waals surface area contributed by atoms with Crippen molar-refractivity contribution in [3.8, 4) is 11.5 Å². The number of unbranched alkanes of at least 4 members (excludes halogenated alkanes) is 1.